The zero-order valence-corrected chi connectivity index (χ0v) is 13.4. The summed E-state index contributed by atoms with van der Waals surface area (Å²) in [6.45, 7) is 7.00. The highest BCUT2D eigenvalue weighted by atomic mass is 16.4. The molecule has 0 radical (unpaired) electrons. The molecule has 0 spiro atoms. The average molecular weight is 296 g/mol. The normalized spacial score (nSPS) is 29.2. The lowest BCUT2D eigenvalue weighted by molar-refractivity contribution is -0.146. The van der Waals surface area contributed by atoms with Crippen LogP contribution in [0.25, 0.3) is 0 Å². The number of hydrogen-bond donors (Lipinski definition) is 2. The Hall–Kier alpha value is -1.26. The van der Waals surface area contributed by atoms with Gasteiger partial charge in [-0.3, -0.25) is 0 Å². The van der Waals surface area contributed by atoms with Crippen molar-refractivity contribution in [3.63, 3.8) is 0 Å². The molecular formula is C16H28N2O3. The van der Waals surface area contributed by atoms with Crippen molar-refractivity contribution in [1.29, 1.82) is 0 Å². The van der Waals surface area contributed by atoms with Gasteiger partial charge in [0.25, 0.3) is 0 Å². The summed E-state index contributed by atoms with van der Waals surface area (Å²) in [6, 6.07) is 0.115. The number of amides is 2. The van der Waals surface area contributed by atoms with E-state index in [-0.39, 0.29) is 6.03 Å². The van der Waals surface area contributed by atoms with Crippen molar-refractivity contribution in [2.45, 2.75) is 70.9 Å². The number of nitrogens with one attached hydrogen (secondary N) is 1. The Bertz CT molecular complexity index is 396. The Kier molecular flexibility index (Phi) is 4.79. The van der Waals surface area contributed by atoms with E-state index in [1.807, 2.05) is 4.90 Å². The molecule has 0 aromatic heterocycles. The third-order valence-electron chi connectivity index (χ3n) is 4.69. The van der Waals surface area contributed by atoms with Crippen LogP contribution >= 0.6 is 0 Å². The minimum atomic E-state index is -1.06. The van der Waals surface area contributed by atoms with Crippen LogP contribution in [0.2, 0.25) is 0 Å². The maximum absolute atomic E-state index is 12.6. The van der Waals surface area contributed by atoms with Gasteiger partial charge in [0, 0.05) is 12.6 Å². The minimum Gasteiger partial charge on any atom is -0.480 e. The molecule has 2 aliphatic rings. The minimum absolute atomic E-state index is 0.192. The predicted molar refractivity (Wildman–Crippen MR) is 81.1 cm³/mol. The lowest BCUT2D eigenvalue weighted by Crippen LogP contribution is -2.59. The summed E-state index contributed by atoms with van der Waals surface area (Å²) in [5.41, 5.74) is -1.06. The molecule has 0 aromatic rings. The Morgan fingerprint density at radius 2 is 1.81 bits per heavy atom. The van der Waals surface area contributed by atoms with Gasteiger partial charge in [-0.15, -0.1) is 0 Å². The van der Waals surface area contributed by atoms with Crippen molar-refractivity contribution >= 4 is 12.0 Å². The van der Waals surface area contributed by atoms with Crippen LogP contribution in [0, 0.1) is 11.8 Å². The van der Waals surface area contributed by atoms with Crippen LogP contribution in [0.4, 0.5) is 4.79 Å². The van der Waals surface area contributed by atoms with E-state index in [1.165, 1.54) is 0 Å². The molecule has 5 heteroatoms. The van der Waals surface area contributed by atoms with Crippen LogP contribution in [0.15, 0.2) is 0 Å². The molecule has 0 aliphatic heterocycles. The van der Waals surface area contributed by atoms with Crippen LogP contribution in [0.3, 0.4) is 0 Å². The molecule has 2 fully saturated rings. The third-order valence-corrected chi connectivity index (χ3v) is 4.69. The number of carbonyl (C=O) groups is 2. The van der Waals surface area contributed by atoms with Crippen molar-refractivity contribution in [3.8, 4) is 0 Å². The van der Waals surface area contributed by atoms with Crippen LogP contribution in [-0.2, 0) is 4.79 Å². The molecular weight excluding hydrogens is 268 g/mol. The third kappa shape index (κ3) is 3.89. The number of carboxylic acid groups (broad SMARTS) is 1. The molecule has 0 heterocycles. The van der Waals surface area contributed by atoms with Crippen molar-refractivity contribution in [1.82, 2.24) is 10.2 Å². The fourth-order valence-corrected chi connectivity index (χ4v) is 3.10. The van der Waals surface area contributed by atoms with E-state index < -0.39 is 11.5 Å². The predicted octanol–water partition coefficient (Wildman–Crippen LogP) is 2.85. The molecule has 120 valence electrons. The summed E-state index contributed by atoms with van der Waals surface area (Å²) >= 11 is 0. The monoisotopic (exact) mass is 296 g/mol. The summed E-state index contributed by atoms with van der Waals surface area (Å²) in [5, 5.41) is 12.5. The quantitative estimate of drug-likeness (QED) is 0.819. The molecule has 0 atom stereocenters. The molecule has 0 saturated heterocycles. The summed E-state index contributed by atoms with van der Waals surface area (Å²) < 4.78 is 0. The van der Waals surface area contributed by atoms with Crippen LogP contribution in [-0.4, -0.2) is 40.1 Å². The van der Waals surface area contributed by atoms with E-state index in [0.717, 1.165) is 25.7 Å². The Labute approximate surface area is 127 Å². The molecule has 2 N–H and O–H groups in total. The fourth-order valence-electron chi connectivity index (χ4n) is 3.10. The van der Waals surface area contributed by atoms with Crippen LogP contribution < -0.4 is 5.32 Å². The number of aliphatic carboxylic acids is 1. The first-order valence-corrected chi connectivity index (χ1v) is 8.16. The zero-order valence-electron chi connectivity index (χ0n) is 13.4. The first-order chi connectivity index (χ1) is 9.84. The van der Waals surface area contributed by atoms with Gasteiger partial charge in [0.15, 0.2) is 0 Å². The highest BCUT2D eigenvalue weighted by Crippen LogP contribution is 2.33. The van der Waals surface area contributed by atoms with Gasteiger partial charge in [-0.2, -0.15) is 0 Å². The molecule has 2 rings (SSSR count). The second-order valence-electron chi connectivity index (χ2n) is 7.28. The Balaban J connectivity index is 2.05. The van der Waals surface area contributed by atoms with Gasteiger partial charge in [0.05, 0.1) is 0 Å². The maximum Gasteiger partial charge on any atom is 0.329 e. The van der Waals surface area contributed by atoms with E-state index >= 15 is 0 Å². The summed E-state index contributed by atoms with van der Waals surface area (Å²) in [7, 11) is 0. The lowest BCUT2D eigenvalue weighted by atomic mass is 9.77. The highest BCUT2D eigenvalue weighted by molar-refractivity contribution is 5.86. The van der Waals surface area contributed by atoms with Crippen LogP contribution in [0.5, 0.6) is 0 Å². The standard InChI is InChI=1S/C16H28N2O3/c1-11(2)10-18(13-4-5-13)15(21)17-16(14(19)20)8-6-12(3)7-9-16/h11-13H,4-10H2,1-3H3,(H,17,21)(H,19,20). The second-order valence-corrected chi connectivity index (χ2v) is 7.28. The molecule has 2 saturated carbocycles. The molecule has 0 bridgehead atoms. The van der Waals surface area contributed by atoms with Crippen molar-refractivity contribution in [3.05, 3.63) is 0 Å². The van der Waals surface area contributed by atoms with Gasteiger partial charge in [0.2, 0.25) is 0 Å². The van der Waals surface area contributed by atoms with E-state index in [4.69, 9.17) is 0 Å². The fraction of sp³-hybridized carbons (Fsp3) is 0.875. The summed E-state index contributed by atoms with van der Waals surface area (Å²) in [4.78, 5) is 26.1. The van der Waals surface area contributed by atoms with Crippen LogP contribution in [0.1, 0.15) is 59.3 Å². The number of rotatable bonds is 5. The largest absolute Gasteiger partial charge is 0.480 e. The SMILES string of the molecule is CC(C)CN(C(=O)NC1(C(=O)O)CCC(C)CC1)C1CC1. The number of nitrogens with zero attached hydrogens (tertiary/aromatic N) is 1. The molecule has 21 heavy (non-hydrogen) atoms. The average Bonchev–Trinajstić information content (AvgIpc) is 3.22. The second kappa shape index (κ2) is 6.24. The van der Waals surface area contributed by atoms with Gasteiger partial charge in [0.1, 0.15) is 5.54 Å². The molecule has 2 amide bonds. The van der Waals surface area contributed by atoms with Gasteiger partial charge >= 0.3 is 12.0 Å². The summed E-state index contributed by atoms with van der Waals surface area (Å²) in [5.74, 6) is 0.0520. The number of hydrogen-bond acceptors (Lipinski definition) is 2. The molecule has 0 aromatic carbocycles. The van der Waals surface area contributed by atoms with Gasteiger partial charge in [-0.25, -0.2) is 9.59 Å². The number of urea groups is 1. The van der Waals surface area contributed by atoms with Gasteiger partial charge < -0.3 is 15.3 Å². The molecule has 0 unspecified atom stereocenters. The lowest BCUT2D eigenvalue weighted by Gasteiger charge is -2.38. The van der Waals surface area contributed by atoms with Gasteiger partial charge in [-0.05, 0) is 50.4 Å². The number of carbonyl (C=O) groups excluding carboxylic acids is 1. The van der Waals surface area contributed by atoms with Crippen molar-refractivity contribution in [2.24, 2.45) is 11.8 Å². The number of carboxylic acids is 1. The first-order valence-electron chi connectivity index (χ1n) is 8.16. The van der Waals surface area contributed by atoms with E-state index in [2.05, 4.69) is 26.1 Å². The zero-order chi connectivity index (χ0) is 15.6. The van der Waals surface area contributed by atoms with Gasteiger partial charge in [-0.1, -0.05) is 20.8 Å². The summed E-state index contributed by atoms with van der Waals surface area (Å²) in [6.07, 6.45) is 4.87. The first kappa shape index (κ1) is 16.1. The molecule has 5 nitrogen and oxygen atoms in total. The maximum atomic E-state index is 12.6. The smallest absolute Gasteiger partial charge is 0.329 e. The topological polar surface area (TPSA) is 69.6 Å². The highest BCUT2D eigenvalue weighted by Gasteiger charge is 2.44. The Morgan fingerprint density at radius 1 is 1.24 bits per heavy atom. The molecule has 2 aliphatic carbocycles. The van der Waals surface area contributed by atoms with E-state index in [0.29, 0.717) is 37.3 Å². The van der Waals surface area contributed by atoms with E-state index in [9.17, 15) is 14.7 Å². The Morgan fingerprint density at radius 3 is 2.24 bits per heavy atom. The van der Waals surface area contributed by atoms with Crippen molar-refractivity contribution in [2.75, 3.05) is 6.54 Å². The van der Waals surface area contributed by atoms with Crippen molar-refractivity contribution < 1.29 is 14.7 Å². The van der Waals surface area contributed by atoms with E-state index in [1.54, 1.807) is 0 Å².